The van der Waals surface area contributed by atoms with E-state index in [0.29, 0.717) is 11.8 Å². The number of rotatable bonds is 3. The van der Waals surface area contributed by atoms with Crippen LogP contribution >= 0.6 is 11.3 Å². The van der Waals surface area contributed by atoms with Gasteiger partial charge in [-0.05, 0) is 24.8 Å². The summed E-state index contributed by atoms with van der Waals surface area (Å²) in [6, 6.07) is 8.09. The summed E-state index contributed by atoms with van der Waals surface area (Å²) in [5, 5.41) is 7.03. The van der Waals surface area contributed by atoms with Crippen molar-refractivity contribution in [3.8, 4) is 0 Å². The number of nitrogens with zero attached hydrogens (tertiary/aromatic N) is 3. The molecule has 1 amide bonds. The van der Waals surface area contributed by atoms with Crippen LogP contribution in [0.3, 0.4) is 0 Å². The lowest BCUT2D eigenvalue weighted by molar-refractivity contribution is 0.0674. The predicted octanol–water partition coefficient (Wildman–Crippen LogP) is 3.69. The number of thiophene rings is 1. The van der Waals surface area contributed by atoms with Crippen LogP contribution in [0.4, 0.5) is 0 Å². The second kappa shape index (κ2) is 6.36. The third-order valence-electron chi connectivity index (χ3n) is 4.56. The van der Waals surface area contributed by atoms with E-state index >= 15 is 0 Å². The molecular formula is C18H19N3O2S. The monoisotopic (exact) mass is 341 g/mol. The quantitative estimate of drug-likeness (QED) is 0.729. The Bertz CT molecular complexity index is 870. The first-order chi connectivity index (χ1) is 11.7. The maximum Gasteiger partial charge on any atom is 0.255 e. The highest BCUT2D eigenvalue weighted by Gasteiger charge is 2.27. The molecule has 0 spiro atoms. The first-order valence-electron chi connectivity index (χ1n) is 8.25. The molecule has 2 aromatic heterocycles. The summed E-state index contributed by atoms with van der Waals surface area (Å²) >= 11 is 1.63. The maximum atomic E-state index is 13.0. The lowest BCUT2D eigenvalue weighted by atomic mass is 9.94. The number of piperidine rings is 1. The molecule has 6 heteroatoms. The Labute approximate surface area is 144 Å². The van der Waals surface area contributed by atoms with Crippen LogP contribution in [0, 0.1) is 12.8 Å². The van der Waals surface area contributed by atoms with Crippen molar-refractivity contribution in [2.24, 2.45) is 5.92 Å². The number of hydrogen-bond acceptors (Lipinski definition) is 5. The normalized spacial score (nSPS) is 18.2. The van der Waals surface area contributed by atoms with Gasteiger partial charge in [-0.1, -0.05) is 23.4 Å². The van der Waals surface area contributed by atoms with E-state index in [1.807, 2.05) is 28.5 Å². The average molecular weight is 341 g/mol. The molecule has 0 radical (unpaired) electrons. The molecule has 3 aromatic rings. The van der Waals surface area contributed by atoms with Gasteiger partial charge in [0.1, 0.15) is 0 Å². The largest absolute Gasteiger partial charge is 0.340 e. The minimum atomic E-state index is 0.140. The van der Waals surface area contributed by atoms with E-state index < -0.39 is 0 Å². The minimum Gasteiger partial charge on any atom is -0.340 e. The summed E-state index contributed by atoms with van der Waals surface area (Å²) in [5.74, 6) is 1.87. The van der Waals surface area contributed by atoms with E-state index in [9.17, 15) is 4.79 Å². The van der Waals surface area contributed by atoms with Crippen molar-refractivity contribution in [2.75, 3.05) is 13.1 Å². The Kier molecular flexibility index (Phi) is 4.06. The number of benzene rings is 1. The highest BCUT2D eigenvalue weighted by Crippen LogP contribution is 2.28. The van der Waals surface area contributed by atoms with Crippen molar-refractivity contribution in [2.45, 2.75) is 26.2 Å². The molecule has 1 aromatic carbocycles. The van der Waals surface area contributed by atoms with Crippen LogP contribution in [0.25, 0.3) is 10.1 Å². The number of hydrogen-bond donors (Lipinski definition) is 0. The summed E-state index contributed by atoms with van der Waals surface area (Å²) in [7, 11) is 0. The molecule has 1 fully saturated rings. The van der Waals surface area contributed by atoms with Gasteiger partial charge in [0, 0.05) is 41.9 Å². The smallest absolute Gasteiger partial charge is 0.255 e. The summed E-state index contributed by atoms with van der Waals surface area (Å²) in [6.45, 7) is 3.39. The molecular weight excluding hydrogens is 322 g/mol. The van der Waals surface area contributed by atoms with Crippen LogP contribution in [0.5, 0.6) is 0 Å². The van der Waals surface area contributed by atoms with Crippen LogP contribution in [-0.4, -0.2) is 34.0 Å². The fourth-order valence-electron chi connectivity index (χ4n) is 3.41. The zero-order valence-corrected chi connectivity index (χ0v) is 14.4. The van der Waals surface area contributed by atoms with Gasteiger partial charge in [0.2, 0.25) is 5.89 Å². The molecule has 1 atom stereocenters. The highest BCUT2D eigenvalue weighted by atomic mass is 32.1. The molecule has 0 unspecified atom stereocenters. The Hall–Kier alpha value is -2.21. The fourth-order valence-corrected chi connectivity index (χ4v) is 4.35. The van der Waals surface area contributed by atoms with Gasteiger partial charge in [0.25, 0.3) is 5.91 Å². The lowest BCUT2D eigenvalue weighted by Crippen LogP contribution is -2.40. The first-order valence-corrected chi connectivity index (χ1v) is 9.13. The Morgan fingerprint density at radius 1 is 1.42 bits per heavy atom. The number of aromatic nitrogens is 2. The van der Waals surface area contributed by atoms with E-state index in [2.05, 4.69) is 16.2 Å². The van der Waals surface area contributed by atoms with Crippen molar-refractivity contribution >= 4 is 27.3 Å². The Morgan fingerprint density at radius 3 is 3.12 bits per heavy atom. The SMILES string of the molecule is Cc1nc(C[C@@H]2CCCN(C(=O)c3csc4ccccc34)C2)no1. The van der Waals surface area contributed by atoms with E-state index in [1.165, 1.54) is 0 Å². The molecule has 124 valence electrons. The second-order valence-corrected chi connectivity index (χ2v) is 7.25. The summed E-state index contributed by atoms with van der Waals surface area (Å²) in [4.78, 5) is 19.2. The average Bonchev–Trinajstić information content (AvgIpc) is 3.20. The van der Waals surface area contributed by atoms with Crippen molar-refractivity contribution < 1.29 is 9.32 Å². The van der Waals surface area contributed by atoms with Crippen LogP contribution < -0.4 is 0 Å². The molecule has 1 saturated heterocycles. The van der Waals surface area contributed by atoms with Crippen LogP contribution in [0.2, 0.25) is 0 Å². The predicted molar refractivity (Wildman–Crippen MR) is 93.2 cm³/mol. The first kappa shape index (κ1) is 15.3. The van der Waals surface area contributed by atoms with Gasteiger partial charge in [0.05, 0.1) is 5.56 Å². The molecule has 0 N–H and O–H groups in total. The molecule has 0 saturated carbocycles. The second-order valence-electron chi connectivity index (χ2n) is 6.34. The maximum absolute atomic E-state index is 13.0. The molecule has 0 bridgehead atoms. The van der Waals surface area contributed by atoms with Crippen molar-refractivity contribution in [3.63, 3.8) is 0 Å². The van der Waals surface area contributed by atoms with Crippen LogP contribution in [0.15, 0.2) is 34.2 Å². The van der Waals surface area contributed by atoms with Gasteiger partial charge >= 0.3 is 0 Å². The van der Waals surface area contributed by atoms with Gasteiger partial charge in [-0.3, -0.25) is 4.79 Å². The lowest BCUT2D eigenvalue weighted by Gasteiger charge is -2.32. The van der Waals surface area contributed by atoms with Gasteiger partial charge < -0.3 is 9.42 Å². The van der Waals surface area contributed by atoms with Crippen LogP contribution in [-0.2, 0) is 6.42 Å². The fraction of sp³-hybridized carbons (Fsp3) is 0.389. The van der Waals surface area contributed by atoms with E-state index in [-0.39, 0.29) is 5.91 Å². The van der Waals surface area contributed by atoms with Crippen LogP contribution in [0.1, 0.15) is 34.9 Å². The third-order valence-corrected chi connectivity index (χ3v) is 5.52. The molecule has 1 aliphatic rings. The van der Waals surface area contributed by atoms with E-state index in [1.54, 1.807) is 18.3 Å². The minimum absolute atomic E-state index is 0.140. The van der Waals surface area contributed by atoms with Gasteiger partial charge in [-0.2, -0.15) is 4.98 Å². The number of fused-ring (bicyclic) bond motifs is 1. The molecule has 4 rings (SSSR count). The van der Waals surface area contributed by atoms with E-state index in [0.717, 1.165) is 53.8 Å². The third kappa shape index (κ3) is 2.94. The number of carbonyl (C=O) groups excluding carboxylic acids is 1. The zero-order chi connectivity index (χ0) is 16.5. The number of amides is 1. The van der Waals surface area contributed by atoms with Crippen molar-refractivity contribution in [3.05, 3.63) is 46.9 Å². The molecule has 1 aliphatic heterocycles. The van der Waals surface area contributed by atoms with Crippen molar-refractivity contribution in [1.82, 2.24) is 15.0 Å². The molecule has 3 heterocycles. The van der Waals surface area contributed by atoms with Gasteiger partial charge in [-0.15, -0.1) is 11.3 Å². The zero-order valence-electron chi connectivity index (χ0n) is 13.6. The Morgan fingerprint density at radius 2 is 2.29 bits per heavy atom. The number of aryl methyl sites for hydroxylation is 1. The summed E-state index contributed by atoms with van der Waals surface area (Å²) < 4.78 is 6.21. The highest BCUT2D eigenvalue weighted by molar-refractivity contribution is 7.17. The van der Waals surface area contributed by atoms with Gasteiger partial charge in [0.15, 0.2) is 5.82 Å². The van der Waals surface area contributed by atoms with Gasteiger partial charge in [-0.25, -0.2) is 0 Å². The standard InChI is InChI=1S/C18H19N3O2S/c1-12-19-17(20-23-12)9-13-5-4-8-21(10-13)18(22)15-11-24-16-7-3-2-6-14(15)16/h2-3,6-7,11,13H,4-5,8-10H2,1H3/t13-/m0/s1. The molecule has 0 aliphatic carbocycles. The topological polar surface area (TPSA) is 59.2 Å². The van der Waals surface area contributed by atoms with Crippen molar-refractivity contribution in [1.29, 1.82) is 0 Å². The van der Waals surface area contributed by atoms with E-state index in [4.69, 9.17) is 4.52 Å². The number of carbonyl (C=O) groups is 1. The molecule has 5 nitrogen and oxygen atoms in total. The molecule has 24 heavy (non-hydrogen) atoms. The Balaban J connectivity index is 1.50. The number of likely N-dealkylation sites (tertiary alicyclic amines) is 1. The summed E-state index contributed by atoms with van der Waals surface area (Å²) in [5.41, 5.74) is 0.826. The summed E-state index contributed by atoms with van der Waals surface area (Å²) in [6.07, 6.45) is 2.89.